The fourth-order valence-corrected chi connectivity index (χ4v) is 2.76. The zero-order valence-electron chi connectivity index (χ0n) is 12.2. The lowest BCUT2D eigenvalue weighted by Crippen LogP contribution is -2.23. The maximum absolute atomic E-state index is 14.2. The normalized spacial score (nSPS) is 11.3. The number of carbonyl (C=O) groups is 1. The van der Waals surface area contributed by atoms with Crippen LogP contribution in [0.4, 0.5) is 4.39 Å². The SMILES string of the molecule is COc1c(C(C)(C)CC(=O)O)cc(F)c(SC)c1OC. The van der Waals surface area contributed by atoms with Crippen molar-refractivity contribution in [2.24, 2.45) is 0 Å². The molecule has 0 saturated heterocycles. The van der Waals surface area contributed by atoms with Gasteiger partial charge in [-0.25, -0.2) is 4.39 Å². The lowest BCUT2D eigenvalue weighted by molar-refractivity contribution is -0.138. The molecule has 0 unspecified atom stereocenters. The summed E-state index contributed by atoms with van der Waals surface area (Å²) in [5.74, 6) is -0.716. The van der Waals surface area contributed by atoms with Crippen LogP contribution in [0, 0.1) is 5.82 Å². The number of methoxy groups -OCH3 is 2. The highest BCUT2D eigenvalue weighted by Crippen LogP contribution is 2.46. The van der Waals surface area contributed by atoms with Gasteiger partial charge in [0.2, 0.25) is 0 Å². The Morgan fingerprint density at radius 2 is 1.90 bits per heavy atom. The predicted octanol–water partition coefficient (Wildman–Crippen LogP) is 3.32. The quantitative estimate of drug-likeness (QED) is 0.817. The zero-order chi connectivity index (χ0) is 15.5. The summed E-state index contributed by atoms with van der Waals surface area (Å²) in [6, 6.07) is 1.33. The molecule has 0 saturated carbocycles. The van der Waals surface area contributed by atoms with Crippen LogP contribution in [0.1, 0.15) is 25.8 Å². The highest BCUT2D eigenvalue weighted by Gasteiger charge is 2.31. The molecule has 112 valence electrons. The molecule has 0 aliphatic heterocycles. The molecule has 4 nitrogen and oxygen atoms in total. The van der Waals surface area contributed by atoms with Crippen molar-refractivity contribution >= 4 is 17.7 Å². The van der Waals surface area contributed by atoms with Gasteiger partial charge in [0, 0.05) is 11.0 Å². The van der Waals surface area contributed by atoms with Crippen molar-refractivity contribution in [2.75, 3.05) is 20.5 Å². The fourth-order valence-electron chi connectivity index (χ4n) is 2.15. The summed E-state index contributed by atoms with van der Waals surface area (Å²) >= 11 is 1.21. The largest absolute Gasteiger partial charge is 0.493 e. The number of hydrogen-bond acceptors (Lipinski definition) is 4. The van der Waals surface area contributed by atoms with E-state index in [4.69, 9.17) is 14.6 Å². The average Bonchev–Trinajstić information content (AvgIpc) is 2.35. The van der Waals surface area contributed by atoms with Crippen molar-refractivity contribution in [3.63, 3.8) is 0 Å². The molecule has 0 aliphatic carbocycles. The Morgan fingerprint density at radius 3 is 2.30 bits per heavy atom. The second-order valence-corrected chi connectivity index (χ2v) is 5.78. The van der Waals surface area contributed by atoms with Crippen LogP contribution in [0.25, 0.3) is 0 Å². The molecule has 1 aromatic carbocycles. The molecule has 0 bridgehead atoms. The predicted molar refractivity (Wildman–Crippen MR) is 76.6 cm³/mol. The van der Waals surface area contributed by atoms with Gasteiger partial charge < -0.3 is 14.6 Å². The molecule has 6 heteroatoms. The lowest BCUT2D eigenvalue weighted by Gasteiger charge is -2.27. The third-order valence-electron chi connectivity index (χ3n) is 3.08. The topological polar surface area (TPSA) is 55.8 Å². The van der Waals surface area contributed by atoms with E-state index in [1.165, 1.54) is 32.0 Å². The zero-order valence-corrected chi connectivity index (χ0v) is 13.1. The number of rotatable bonds is 6. The summed E-state index contributed by atoms with van der Waals surface area (Å²) in [6.45, 7) is 3.47. The van der Waals surface area contributed by atoms with Crippen LogP contribution < -0.4 is 9.47 Å². The van der Waals surface area contributed by atoms with Crippen LogP contribution in [0.15, 0.2) is 11.0 Å². The molecule has 0 aliphatic rings. The van der Waals surface area contributed by atoms with Crippen LogP contribution in [0.3, 0.4) is 0 Å². The number of hydrogen-bond donors (Lipinski definition) is 1. The first-order valence-corrected chi connectivity index (χ1v) is 7.21. The van der Waals surface area contributed by atoms with Gasteiger partial charge in [0.1, 0.15) is 5.82 Å². The molecule has 0 aromatic heterocycles. The summed E-state index contributed by atoms with van der Waals surface area (Å²) in [5, 5.41) is 9.00. The Labute approximate surface area is 122 Å². The third-order valence-corrected chi connectivity index (χ3v) is 3.87. The van der Waals surface area contributed by atoms with Gasteiger partial charge in [0.25, 0.3) is 0 Å². The molecule has 0 amide bonds. The van der Waals surface area contributed by atoms with E-state index in [2.05, 4.69) is 0 Å². The highest BCUT2D eigenvalue weighted by molar-refractivity contribution is 7.98. The van der Waals surface area contributed by atoms with Crippen LogP contribution in [0.5, 0.6) is 11.5 Å². The van der Waals surface area contributed by atoms with Crippen molar-refractivity contribution in [3.8, 4) is 11.5 Å². The summed E-state index contributed by atoms with van der Waals surface area (Å²) in [6.07, 6.45) is 1.60. The van der Waals surface area contributed by atoms with Gasteiger partial charge in [-0.15, -0.1) is 11.8 Å². The van der Waals surface area contributed by atoms with E-state index in [-0.39, 0.29) is 6.42 Å². The first kappa shape index (κ1) is 16.6. The van der Waals surface area contributed by atoms with Crippen LogP contribution in [-0.2, 0) is 10.2 Å². The minimum Gasteiger partial charge on any atom is -0.493 e. The molecule has 20 heavy (non-hydrogen) atoms. The Morgan fingerprint density at radius 1 is 1.35 bits per heavy atom. The van der Waals surface area contributed by atoms with E-state index in [1.807, 2.05) is 0 Å². The first-order valence-electron chi connectivity index (χ1n) is 5.99. The standard InChI is InChI=1S/C14H19FO4S/c1-14(2,7-10(16)17)8-6-9(15)13(20-5)12(19-4)11(8)18-3/h6H,7H2,1-5H3,(H,16,17). The van der Waals surface area contributed by atoms with Crippen molar-refractivity contribution in [1.29, 1.82) is 0 Å². The third kappa shape index (κ3) is 3.17. The summed E-state index contributed by atoms with van der Waals surface area (Å²) in [5.41, 5.74) is -0.294. The molecule has 1 rings (SSSR count). The fraction of sp³-hybridized carbons (Fsp3) is 0.500. The van der Waals surface area contributed by atoms with Gasteiger partial charge in [-0.05, 0) is 12.3 Å². The Kier molecular flexibility index (Phi) is 5.28. The molecular weight excluding hydrogens is 283 g/mol. The smallest absolute Gasteiger partial charge is 0.304 e. The van der Waals surface area contributed by atoms with Crippen molar-refractivity contribution < 1.29 is 23.8 Å². The van der Waals surface area contributed by atoms with Gasteiger partial charge >= 0.3 is 5.97 Å². The van der Waals surface area contributed by atoms with E-state index in [0.717, 1.165) is 0 Å². The number of carboxylic acids is 1. The molecule has 0 radical (unpaired) electrons. The Hall–Kier alpha value is -1.43. The molecule has 0 heterocycles. The summed E-state index contributed by atoms with van der Waals surface area (Å²) < 4.78 is 24.8. The molecule has 0 atom stereocenters. The van der Waals surface area contributed by atoms with Crippen LogP contribution in [0.2, 0.25) is 0 Å². The number of ether oxygens (including phenoxy) is 2. The van der Waals surface area contributed by atoms with Crippen molar-refractivity contribution in [1.82, 2.24) is 0 Å². The summed E-state index contributed by atoms with van der Waals surface area (Å²) in [7, 11) is 2.89. The maximum atomic E-state index is 14.2. The monoisotopic (exact) mass is 302 g/mol. The van der Waals surface area contributed by atoms with E-state index in [0.29, 0.717) is 22.0 Å². The highest BCUT2D eigenvalue weighted by atomic mass is 32.2. The molecule has 1 N–H and O–H groups in total. The van der Waals surface area contributed by atoms with Gasteiger partial charge in [-0.3, -0.25) is 4.79 Å². The maximum Gasteiger partial charge on any atom is 0.304 e. The van der Waals surface area contributed by atoms with Crippen LogP contribution in [-0.4, -0.2) is 31.6 Å². The molecule has 0 fully saturated rings. The van der Waals surface area contributed by atoms with Gasteiger partial charge in [-0.2, -0.15) is 0 Å². The average molecular weight is 302 g/mol. The van der Waals surface area contributed by atoms with E-state index in [1.54, 1.807) is 20.1 Å². The Bertz CT molecular complexity index is 514. The first-order chi connectivity index (χ1) is 9.28. The summed E-state index contributed by atoms with van der Waals surface area (Å²) in [4.78, 5) is 11.3. The number of thioether (sulfide) groups is 1. The molecular formula is C14H19FO4S. The minimum atomic E-state index is -0.953. The molecule has 0 spiro atoms. The number of halogens is 1. The second-order valence-electron chi connectivity index (χ2n) is 4.96. The number of aliphatic carboxylic acids is 1. The number of benzene rings is 1. The van der Waals surface area contributed by atoms with E-state index >= 15 is 0 Å². The second kappa shape index (κ2) is 6.35. The minimum absolute atomic E-state index is 0.134. The van der Waals surface area contributed by atoms with Crippen LogP contribution >= 0.6 is 11.8 Å². The van der Waals surface area contributed by atoms with Gasteiger partial charge in [0.15, 0.2) is 11.5 Å². The van der Waals surface area contributed by atoms with Crippen molar-refractivity contribution in [3.05, 3.63) is 17.4 Å². The van der Waals surface area contributed by atoms with Crippen molar-refractivity contribution in [2.45, 2.75) is 30.6 Å². The van der Waals surface area contributed by atoms with E-state index in [9.17, 15) is 9.18 Å². The van der Waals surface area contributed by atoms with Gasteiger partial charge in [-0.1, -0.05) is 13.8 Å². The van der Waals surface area contributed by atoms with Gasteiger partial charge in [0.05, 0.1) is 25.5 Å². The Balaban J connectivity index is 3.55. The van der Waals surface area contributed by atoms with E-state index < -0.39 is 17.2 Å². The molecule has 1 aromatic rings. The lowest BCUT2D eigenvalue weighted by atomic mass is 9.80. The number of carboxylic acid groups (broad SMARTS) is 1.